The number of thioether (sulfide) groups is 1. The second kappa shape index (κ2) is 6.27. The minimum atomic E-state index is -0.556. The van der Waals surface area contributed by atoms with Gasteiger partial charge in [0.2, 0.25) is 11.9 Å². The molecule has 108 valence electrons. The fraction of sp³-hybridized carbons (Fsp3) is 0.692. The van der Waals surface area contributed by atoms with Crippen molar-refractivity contribution >= 4 is 23.7 Å². The van der Waals surface area contributed by atoms with Crippen molar-refractivity contribution in [1.82, 2.24) is 15.0 Å². The molecule has 1 heterocycles. The summed E-state index contributed by atoms with van der Waals surface area (Å²) in [5, 5.41) is 16.4. The molecule has 1 aliphatic carbocycles. The average molecular weight is 292 g/mol. The largest absolute Gasteiger partial charge is 0.357 e. The SMILES string of the molecule is CNc1nc(NC2(C#N)CCC[C@@H](C)C2)nc(SC)n1. The summed E-state index contributed by atoms with van der Waals surface area (Å²) in [4.78, 5) is 12.9. The van der Waals surface area contributed by atoms with Crippen LogP contribution < -0.4 is 10.6 Å². The number of nitrogens with zero attached hydrogens (tertiary/aromatic N) is 4. The van der Waals surface area contributed by atoms with Gasteiger partial charge in [0.25, 0.3) is 0 Å². The van der Waals surface area contributed by atoms with Gasteiger partial charge in [0.1, 0.15) is 5.54 Å². The van der Waals surface area contributed by atoms with Gasteiger partial charge < -0.3 is 10.6 Å². The van der Waals surface area contributed by atoms with Crippen molar-refractivity contribution in [2.45, 2.75) is 43.3 Å². The van der Waals surface area contributed by atoms with Gasteiger partial charge in [-0.2, -0.15) is 20.2 Å². The van der Waals surface area contributed by atoms with Crippen LogP contribution in [0, 0.1) is 17.2 Å². The van der Waals surface area contributed by atoms with Gasteiger partial charge in [-0.15, -0.1) is 0 Å². The van der Waals surface area contributed by atoms with Gasteiger partial charge in [-0.25, -0.2) is 0 Å². The molecule has 1 aromatic rings. The van der Waals surface area contributed by atoms with E-state index in [2.05, 4.69) is 38.6 Å². The first-order chi connectivity index (χ1) is 9.60. The number of rotatable bonds is 4. The number of hydrogen-bond acceptors (Lipinski definition) is 7. The summed E-state index contributed by atoms with van der Waals surface area (Å²) < 4.78 is 0. The Morgan fingerprint density at radius 2 is 2.10 bits per heavy atom. The molecule has 2 rings (SSSR count). The molecule has 6 nitrogen and oxygen atoms in total. The third-order valence-electron chi connectivity index (χ3n) is 3.58. The van der Waals surface area contributed by atoms with Crippen molar-refractivity contribution in [2.75, 3.05) is 23.9 Å². The molecular formula is C13H20N6S. The lowest BCUT2D eigenvalue weighted by atomic mass is 9.77. The number of anilines is 2. The Labute approximate surface area is 123 Å². The first-order valence-corrected chi connectivity index (χ1v) is 8.00. The average Bonchev–Trinajstić information content (AvgIpc) is 2.46. The van der Waals surface area contributed by atoms with Gasteiger partial charge in [-0.05, 0) is 31.4 Å². The molecule has 2 atom stereocenters. The van der Waals surface area contributed by atoms with Crippen molar-refractivity contribution in [3.63, 3.8) is 0 Å². The summed E-state index contributed by atoms with van der Waals surface area (Å²) in [6.45, 7) is 2.19. The Balaban J connectivity index is 2.25. The fourth-order valence-electron chi connectivity index (χ4n) is 2.62. The lowest BCUT2D eigenvalue weighted by Crippen LogP contribution is -2.41. The van der Waals surface area contributed by atoms with E-state index in [1.165, 1.54) is 18.2 Å². The van der Waals surface area contributed by atoms with Gasteiger partial charge in [-0.1, -0.05) is 25.1 Å². The van der Waals surface area contributed by atoms with Crippen LogP contribution in [0.5, 0.6) is 0 Å². The maximum absolute atomic E-state index is 9.57. The van der Waals surface area contributed by atoms with Crippen LogP contribution in [0.3, 0.4) is 0 Å². The van der Waals surface area contributed by atoms with E-state index in [1.54, 1.807) is 7.05 Å². The van der Waals surface area contributed by atoms with Crippen LogP contribution in [0.25, 0.3) is 0 Å². The second-order valence-corrected chi connectivity index (χ2v) is 6.01. The Morgan fingerprint density at radius 3 is 2.70 bits per heavy atom. The molecular weight excluding hydrogens is 272 g/mol. The Morgan fingerprint density at radius 1 is 1.35 bits per heavy atom. The van der Waals surface area contributed by atoms with E-state index in [9.17, 15) is 5.26 Å². The standard InChI is InChI=1S/C13H20N6S/c1-9-5-4-6-13(7-9,8-14)19-11-16-10(15-2)17-12(18-11)20-3/h9H,4-7H2,1-3H3,(H2,15,16,17,18,19)/t9-,13?/m1/s1. The molecule has 1 aromatic heterocycles. The van der Waals surface area contributed by atoms with Crippen molar-refractivity contribution in [3.8, 4) is 6.07 Å². The van der Waals surface area contributed by atoms with Crippen LogP contribution in [0.15, 0.2) is 5.16 Å². The monoisotopic (exact) mass is 292 g/mol. The fourth-order valence-corrected chi connectivity index (χ4v) is 2.98. The molecule has 1 fully saturated rings. The third-order valence-corrected chi connectivity index (χ3v) is 4.13. The maximum atomic E-state index is 9.57. The van der Waals surface area contributed by atoms with Crippen LogP contribution in [-0.2, 0) is 0 Å². The van der Waals surface area contributed by atoms with Gasteiger partial charge >= 0.3 is 0 Å². The number of hydrogen-bond donors (Lipinski definition) is 2. The quantitative estimate of drug-likeness (QED) is 0.824. The zero-order chi connectivity index (χ0) is 14.6. The molecule has 0 spiro atoms. The zero-order valence-electron chi connectivity index (χ0n) is 12.1. The molecule has 20 heavy (non-hydrogen) atoms. The van der Waals surface area contributed by atoms with Crippen LogP contribution in [0.1, 0.15) is 32.6 Å². The van der Waals surface area contributed by atoms with Crippen molar-refractivity contribution in [2.24, 2.45) is 5.92 Å². The summed E-state index contributed by atoms with van der Waals surface area (Å²) >= 11 is 1.46. The zero-order valence-corrected chi connectivity index (χ0v) is 12.9. The lowest BCUT2D eigenvalue weighted by molar-refractivity contribution is 0.307. The molecule has 0 aliphatic heterocycles. The molecule has 0 saturated heterocycles. The summed E-state index contributed by atoms with van der Waals surface area (Å²) in [6, 6.07) is 2.43. The molecule has 1 unspecified atom stereocenters. The van der Waals surface area contributed by atoms with Crippen LogP contribution in [0.4, 0.5) is 11.9 Å². The molecule has 0 aromatic carbocycles. The number of aromatic nitrogens is 3. The van der Waals surface area contributed by atoms with E-state index in [4.69, 9.17) is 0 Å². The summed E-state index contributed by atoms with van der Waals surface area (Å²) in [5.74, 6) is 1.54. The topological polar surface area (TPSA) is 86.5 Å². The highest BCUT2D eigenvalue weighted by atomic mass is 32.2. The van der Waals surface area contributed by atoms with E-state index >= 15 is 0 Å². The van der Waals surface area contributed by atoms with Crippen molar-refractivity contribution in [1.29, 1.82) is 5.26 Å². The molecule has 1 aliphatic rings. The molecule has 7 heteroatoms. The van der Waals surface area contributed by atoms with E-state index in [0.29, 0.717) is 23.0 Å². The van der Waals surface area contributed by atoms with Crippen LogP contribution >= 0.6 is 11.8 Å². The van der Waals surface area contributed by atoms with Gasteiger partial charge in [-0.3, -0.25) is 0 Å². The number of nitrogens with one attached hydrogen (secondary N) is 2. The smallest absolute Gasteiger partial charge is 0.229 e. The summed E-state index contributed by atoms with van der Waals surface area (Å²) in [7, 11) is 1.77. The first-order valence-electron chi connectivity index (χ1n) is 6.78. The normalized spacial score (nSPS) is 25.8. The van der Waals surface area contributed by atoms with Gasteiger partial charge in [0.15, 0.2) is 5.16 Å². The minimum Gasteiger partial charge on any atom is -0.357 e. The summed E-state index contributed by atoms with van der Waals surface area (Å²) in [6.07, 6.45) is 5.82. The van der Waals surface area contributed by atoms with Crippen LogP contribution in [0.2, 0.25) is 0 Å². The van der Waals surface area contributed by atoms with Gasteiger partial charge in [0, 0.05) is 7.05 Å². The molecule has 2 N–H and O–H groups in total. The van der Waals surface area contributed by atoms with Gasteiger partial charge in [0.05, 0.1) is 6.07 Å². The Bertz CT molecular complexity index is 492. The molecule has 0 bridgehead atoms. The molecule has 1 saturated carbocycles. The van der Waals surface area contributed by atoms with E-state index < -0.39 is 5.54 Å². The predicted molar refractivity (Wildman–Crippen MR) is 80.8 cm³/mol. The predicted octanol–water partition coefficient (Wildman–Crippen LogP) is 2.52. The highest BCUT2D eigenvalue weighted by molar-refractivity contribution is 7.98. The third kappa shape index (κ3) is 3.31. The maximum Gasteiger partial charge on any atom is 0.229 e. The minimum absolute atomic E-state index is 0.476. The first kappa shape index (κ1) is 14.9. The van der Waals surface area contributed by atoms with E-state index in [0.717, 1.165) is 19.3 Å². The van der Waals surface area contributed by atoms with Crippen LogP contribution in [-0.4, -0.2) is 33.8 Å². The Kier molecular flexibility index (Phi) is 4.65. The lowest BCUT2D eigenvalue weighted by Gasteiger charge is -2.34. The van der Waals surface area contributed by atoms with E-state index in [-0.39, 0.29) is 0 Å². The summed E-state index contributed by atoms with van der Waals surface area (Å²) in [5.41, 5.74) is -0.556. The van der Waals surface area contributed by atoms with Crippen molar-refractivity contribution < 1.29 is 0 Å². The molecule has 0 amide bonds. The van der Waals surface area contributed by atoms with E-state index in [1.807, 2.05) is 6.26 Å². The highest BCUT2D eigenvalue weighted by Gasteiger charge is 2.35. The Hall–Kier alpha value is -1.55. The second-order valence-electron chi connectivity index (χ2n) is 5.24. The van der Waals surface area contributed by atoms with Crippen molar-refractivity contribution in [3.05, 3.63) is 0 Å². The molecule has 0 radical (unpaired) electrons. The highest BCUT2D eigenvalue weighted by Crippen LogP contribution is 2.34. The number of nitriles is 1.